The lowest BCUT2D eigenvalue weighted by molar-refractivity contribution is 0.776. The minimum atomic E-state index is 0.498. The highest BCUT2D eigenvalue weighted by Gasteiger charge is 2.15. The molecule has 0 aliphatic heterocycles. The molecule has 8 nitrogen and oxygen atoms in total. The minimum Gasteiger partial charge on any atom is -0.335 e. The Labute approximate surface area is 158 Å². The Kier molecular flexibility index (Phi) is 4.55. The number of nitrogens with zero attached hydrogens (tertiary/aromatic N) is 7. The van der Waals surface area contributed by atoms with Crippen LogP contribution in [0.15, 0.2) is 59.8 Å². The second-order valence-corrected chi connectivity index (χ2v) is 6.69. The highest BCUT2D eigenvalue weighted by molar-refractivity contribution is 7.98. The van der Waals surface area contributed by atoms with Gasteiger partial charge in [-0.3, -0.25) is 0 Å². The second kappa shape index (κ2) is 7.14. The van der Waals surface area contributed by atoms with Crippen molar-refractivity contribution < 1.29 is 0 Å². The van der Waals surface area contributed by atoms with Crippen LogP contribution in [0.4, 0.5) is 0 Å². The largest absolute Gasteiger partial charge is 0.335 e. The average Bonchev–Trinajstić information content (AvgIpc) is 3.28. The smallest absolute Gasteiger partial charge is 0.210 e. The molecule has 130 valence electrons. The van der Waals surface area contributed by atoms with Crippen molar-refractivity contribution in [1.82, 2.24) is 35.1 Å². The van der Waals surface area contributed by atoms with Gasteiger partial charge in [0.2, 0.25) is 5.16 Å². The SMILES string of the molecule is Nn1c(SCc2nnnn2-c2ccccc2)nnc1-c1ccc(Cl)cc1. The van der Waals surface area contributed by atoms with E-state index < -0.39 is 0 Å². The molecule has 0 aliphatic rings. The molecule has 0 amide bonds. The first-order valence-electron chi connectivity index (χ1n) is 7.64. The number of rotatable bonds is 5. The summed E-state index contributed by atoms with van der Waals surface area (Å²) in [5, 5.41) is 21.4. The van der Waals surface area contributed by atoms with Gasteiger partial charge in [0.1, 0.15) is 0 Å². The molecule has 0 spiro atoms. The standard InChI is InChI=1S/C16H13ClN8S/c17-12-8-6-11(7-9-12)15-20-21-16(24(15)18)26-10-14-19-22-23-25(14)13-4-2-1-3-5-13/h1-9H,10,18H2. The van der Waals surface area contributed by atoms with E-state index in [-0.39, 0.29) is 0 Å². The third-order valence-electron chi connectivity index (χ3n) is 3.63. The molecule has 0 saturated heterocycles. The lowest BCUT2D eigenvalue weighted by atomic mass is 10.2. The van der Waals surface area contributed by atoms with Gasteiger partial charge in [0.15, 0.2) is 11.6 Å². The first kappa shape index (κ1) is 16.6. The molecule has 2 aromatic heterocycles. The lowest BCUT2D eigenvalue weighted by Crippen LogP contribution is -2.12. The number of benzene rings is 2. The van der Waals surface area contributed by atoms with Crippen molar-refractivity contribution in [2.75, 3.05) is 5.84 Å². The average molecular weight is 385 g/mol. The molecule has 0 saturated carbocycles. The summed E-state index contributed by atoms with van der Waals surface area (Å²) in [6, 6.07) is 16.9. The van der Waals surface area contributed by atoms with Crippen molar-refractivity contribution in [3.05, 3.63) is 65.4 Å². The maximum Gasteiger partial charge on any atom is 0.210 e. The van der Waals surface area contributed by atoms with Gasteiger partial charge >= 0.3 is 0 Å². The first-order chi connectivity index (χ1) is 12.7. The van der Waals surface area contributed by atoms with Gasteiger partial charge in [0.25, 0.3) is 0 Å². The Morgan fingerprint density at radius 1 is 0.962 bits per heavy atom. The minimum absolute atomic E-state index is 0.498. The zero-order chi connectivity index (χ0) is 17.9. The van der Waals surface area contributed by atoms with Gasteiger partial charge in [-0.1, -0.05) is 41.6 Å². The molecule has 2 aromatic carbocycles. The molecule has 2 heterocycles. The number of thioether (sulfide) groups is 1. The van der Waals surface area contributed by atoms with Crippen LogP contribution in [0.1, 0.15) is 5.82 Å². The van der Waals surface area contributed by atoms with Crippen LogP contribution in [0, 0.1) is 0 Å². The van der Waals surface area contributed by atoms with Gasteiger partial charge in [-0.15, -0.1) is 15.3 Å². The van der Waals surface area contributed by atoms with Gasteiger partial charge in [0.05, 0.1) is 11.4 Å². The molecule has 26 heavy (non-hydrogen) atoms. The number of halogens is 1. The predicted octanol–water partition coefficient (Wildman–Crippen LogP) is 2.58. The van der Waals surface area contributed by atoms with E-state index in [0.717, 1.165) is 11.3 Å². The normalized spacial score (nSPS) is 11.0. The quantitative estimate of drug-likeness (QED) is 0.417. The van der Waals surface area contributed by atoms with Crippen LogP contribution in [0.3, 0.4) is 0 Å². The van der Waals surface area contributed by atoms with Crippen molar-refractivity contribution in [3.63, 3.8) is 0 Å². The number of tetrazole rings is 1. The van der Waals surface area contributed by atoms with Crippen LogP contribution in [0.5, 0.6) is 0 Å². The Hall–Kier alpha value is -2.91. The summed E-state index contributed by atoms with van der Waals surface area (Å²) >= 11 is 7.32. The van der Waals surface area contributed by atoms with Crippen LogP contribution >= 0.6 is 23.4 Å². The number of para-hydroxylation sites is 1. The van der Waals surface area contributed by atoms with E-state index in [2.05, 4.69) is 25.7 Å². The van der Waals surface area contributed by atoms with Crippen molar-refractivity contribution in [1.29, 1.82) is 0 Å². The number of nitrogens with two attached hydrogens (primary N) is 1. The number of aromatic nitrogens is 7. The highest BCUT2D eigenvalue weighted by atomic mass is 35.5. The van der Waals surface area contributed by atoms with Crippen LogP contribution < -0.4 is 5.84 Å². The zero-order valence-electron chi connectivity index (χ0n) is 13.4. The molecule has 0 radical (unpaired) electrons. The van der Waals surface area contributed by atoms with E-state index in [0.29, 0.717) is 27.6 Å². The van der Waals surface area contributed by atoms with Gasteiger partial charge in [0, 0.05) is 10.6 Å². The van der Waals surface area contributed by atoms with Crippen LogP contribution in [0.2, 0.25) is 5.02 Å². The van der Waals surface area contributed by atoms with Crippen molar-refractivity contribution >= 4 is 23.4 Å². The maximum absolute atomic E-state index is 6.14. The highest BCUT2D eigenvalue weighted by Crippen LogP contribution is 2.25. The van der Waals surface area contributed by atoms with E-state index in [4.69, 9.17) is 17.4 Å². The second-order valence-electron chi connectivity index (χ2n) is 5.31. The summed E-state index contributed by atoms with van der Waals surface area (Å²) in [6.07, 6.45) is 0. The first-order valence-corrected chi connectivity index (χ1v) is 9.00. The lowest BCUT2D eigenvalue weighted by Gasteiger charge is -2.05. The maximum atomic E-state index is 6.14. The van der Waals surface area contributed by atoms with Crippen LogP contribution in [-0.2, 0) is 5.75 Å². The molecule has 0 fully saturated rings. The van der Waals surface area contributed by atoms with Gasteiger partial charge in [-0.05, 0) is 46.8 Å². The topological polar surface area (TPSA) is 100 Å². The molecule has 0 bridgehead atoms. The molecule has 4 rings (SSSR count). The summed E-state index contributed by atoms with van der Waals surface area (Å²) < 4.78 is 3.13. The van der Waals surface area contributed by atoms with Crippen molar-refractivity contribution in [2.24, 2.45) is 0 Å². The molecule has 0 unspecified atom stereocenters. The van der Waals surface area contributed by atoms with E-state index in [1.165, 1.54) is 16.4 Å². The van der Waals surface area contributed by atoms with Gasteiger partial charge in [-0.25, -0.2) is 4.68 Å². The summed E-state index contributed by atoms with van der Waals surface area (Å²) in [6.45, 7) is 0. The number of hydrogen-bond acceptors (Lipinski definition) is 7. The molecule has 0 atom stereocenters. The fraction of sp³-hybridized carbons (Fsp3) is 0.0625. The molecule has 4 aromatic rings. The number of nitrogen functional groups attached to an aromatic ring is 1. The van der Waals surface area contributed by atoms with E-state index in [1.807, 2.05) is 42.5 Å². The monoisotopic (exact) mass is 384 g/mol. The summed E-state index contributed by atoms with van der Waals surface area (Å²) in [5.41, 5.74) is 1.73. The van der Waals surface area contributed by atoms with Crippen molar-refractivity contribution in [3.8, 4) is 17.1 Å². The fourth-order valence-corrected chi connectivity index (χ4v) is 3.25. The predicted molar refractivity (Wildman–Crippen MR) is 99.3 cm³/mol. The fourth-order valence-electron chi connectivity index (χ4n) is 2.37. The van der Waals surface area contributed by atoms with Gasteiger partial charge in [-0.2, -0.15) is 4.68 Å². The summed E-state index contributed by atoms with van der Waals surface area (Å²) in [5.74, 6) is 7.89. The Bertz CT molecular complexity index is 1010. The molecule has 10 heteroatoms. The molecular formula is C16H13ClN8S. The zero-order valence-corrected chi connectivity index (χ0v) is 15.0. The number of hydrogen-bond donors (Lipinski definition) is 1. The molecule has 0 aliphatic carbocycles. The Balaban J connectivity index is 1.53. The summed E-state index contributed by atoms with van der Waals surface area (Å²) in [4.78, 5) is 0. The third kappa shape index (κ3) is 3.26. The van der Waals surface area contributed by atoms with Crippen molar-refractivity contribution in [2.45, 2.75) is 10.9 Å². The Morgan fingerprint density at radius 2 is 1.73 bits per heavy atom. The molecule has 2 N–H and O–H groups in total. The van der Waals surface area contributed by atoms with Crippen LogP contribution in [-0.4, -0.2) is 35.1 Å². The molecular weight excluding hydrogens is 372 g/mol. The van der Waals surface area contributed by atoms with Crippen LogP contribution in [0.25, 0.3) is 17.1 Å². The Morgan fingerprint density at radius 3 is 2.50 bits per heavy atom. The summed E-state index contributed by atoms with van der Waals surface area (Å²) in [7, 11) is 0. The third-order valence-corrected chi connectivity index (χ3v) is 4.82. The van der Waals surface area contributed by atoms with E-state index >= 15 is 0 Å². The van der Waals surface area contributed by atoms with Gasteiger partial charge < -0.3 is 5.84 Å². The van der Waals surface area contributed by atoms with E-state index in [1.54, 1.807) is 16.8 Å². The van der Waals surface area contributed by atoms with E-state index in [9.17, 15) is 0 Å².